The molecule has 114 valence electrons. The summed E-state index contributed by atoms with van der Waals surface area (Å²) in [6.45, 7) is 6.74. The molecule has 20 heavy (non-hydrogen) atoms. The van der Waals surface area contributed by atoms with Gasteiger partial charge >= 0.3 is 12.0 Å². The van der Waals surface area contributed by atoms with Gasteiger partial charge < -0.3 is 15.3 Å². The lowest BCUT2D eigenvalue weighted by atomic mass is 10.1. The molecule has 0 aliphatic rings. The minimum Gasteiger partial charge on any atom is -0.480 e. The molecule has 0 aromatic heterocycles. The number of nitrogens with zero attached hydrogens (tertiary/aromatic N) is 2. The maximum Gasteiger partial charge on any atom is 0.326 e. The molecule has 1 atom stereocenters. The van der Waals surface area contributed by atoms with Gasteiger partial charge in [0.1, 0.15) is 6.04 Å². The quantitative estimate of drug-likeness (QED) is 0.678. The van der Waals surface area contributed by atoms with Gasteiger partial charge in [-0.1, -0.05) is 33.6 Å². The second-order valence-corrected chi connectivity index (χ2v) is 5.23. The average molecular weight is 283 g/mol. The maximum absolute atomic E-state index is 12.1. The zero-order valence-corrected chi connectivity index (χ0v) is 12.6. The van der Waals surface area contributed by atoms with Crippen LogP contribution in [-0.4, -0.2) is 41.1 Å². The summed E-state index contributed by atoms with van der Waals surface area (Å²) < 4.78 is 0. The summed E-state index contributed by atoms with van der Waals surface area (Å²) in [5.41, 5.74) is 0. The molecule has 0 heterocycles. The summed E-state index contributed by atoms with van der Waals surface area (Å²) in [4.78, 5) is 24.7. The number of rotatable bonds is 9. The van der Waals surface area contributed by atoms with Gasteiger partial charge in [0.05, 0.1) is 12.5 Å². The number of carboxylic acids is 1. The molecule has 0 aliphatic carbocycles. The van der Waals surface area contributed by atoms with E-state index < -0.39 is 18.0 Å². The molecule has 0 bridgehead atoms. The number of nitriles is 1. The number of amides is 2. The normalized spacial score (nSPS) is 11.8. The van der Waals surface area contributed by atoms with Crippen LogP contribution in [-0.2, 0) is 4.79 Å². The first-order chi connectivity index (χ1) is 9.42. The Kier molecular flexibility index (Phi) is 9.18. The van der Waals surface area contributed by atoms with Gasteiger partial charge in [-0.2, -0.15) is 5.26 Å². The molecule has 6 nitrogen and oxygen atoms in total. The van der Waals surface area contributed by atoms with Crippen molar-refractivity contribution < 1.29 is 14.7 Å². The zero-order chi connectivity index (χ0) is 15.5. The molecule has 2 amide bonds. The average Bonchev–Trinajstić information content (AvgIpc) is 2.38. The first-order valence-corrected chi connectivity index (χ1v) is 7.07. The van der Waals surface area contributed by atoms with E-state index in [4.69, 9.17) is 10.4 Å². The molecular formula is C14H25N3O3. The lowest BCUT2D eigenvalue weighted by Crippen LogP contribution is -2.49. The molecule has 0 fully saturated rings. The van der Waals surface area contributed by atoms with E-state index in [0.717, 1.165) is 12.8 Å². The van der Waals surface area contributed by atoms with Gasteiger partial charge in [-0.3, -0.25) is 0 Å². The van der Waals surface area contributed by atoms with Crippen molar-refractivity contribution in [2.45, 2.75) is 52.5 Å². The highest BCUT2D eigenvalue weighted by atomic mass is 16.4. The minimum absolute atomic E-state index is 0.243. The fourth-order valence-corrected chi connectivity index (χ4v) is 1.81. The van der Waals surface area contributed by atoms with E-state index in [9.17, 15) is 9.59 Å². The van der Waals surface area contributed by atoms with E-state index in [1.165, 1.54) is 4.90 Å². The van der Waals surface area contributed by atoms with E-state index in [1.807, 2.05) is 26.8 Å². The van der Waals surface area contributed by atoms with Gasteiger partial charge in [0.25, 0.3) is 0 Å². The number of unbranched alkanes of at least 4 members (excludes halogenated alkanes) is 1. The number of hydrogen-bond acceptors (Lipinski definition) is 3. The van der Waals surface area contributed by atoms with Crippen LogP contribution in [0.25, 0.3) is 0 Å². The van der Waals surface area contributed by atoms with E-state index in [0.29, 0.717) is 19.5 Å². The van der Waals surface area contributed by atoms with Crippen LogP contribution < -0.4 is 5.32 Å². The first kappa shape index (κ1) is 18.2. The molecule has 0 spiro atoms. The number of hydrogen-bond donors (Lipinski definition) is 2. The number of urea groups is 1. The fraction of sp³-hybridized carbons (Fsp3) is 0.786. The van der Waals surface area contributed by atoms with Crippen molar-refractivity contribution in [3.05, 3.63) is 0 Å². The Morgan fingerprint density at radius 2 is 2.05 bits per heavy atom. The molecule has 1 unspecified atom stereocenters. The number of carbonyl (C=O) groups excluding carboxylic acids is 1. The maximum atomic E-state index is 12.1. The summed E-state index contributed by atoms with van der Waals surface area (Å²) in [7, 11) is 0. The predicted molar refractivity (Wildman–Crippen MR) is 76.1 cm³/mol. The van der Waals surface area contributed by atoms with Gasteiger partial charge in [0, 0.05) is 13.1 Å². The van der Waals surface area contributed by atoms with Gasteiger partial charge in [-0.15, -0.1) is 0 Å². The molecule has 6 heteroatoms. The second kappa shape index (κ2) is 10.1. The molecule has 0 aromatic rings. The first-order valence-electron chi connectivity index (χ1n) is 7.07. The topological polar surface area (TPSA) is 93.4 Å². The van der Waals surface area contributed by atoms with Crippen LogP contribution >= 0.6 is 0 Å². The smallest absolute Gasteiger partial charge is 0.326 e. The fourth-order valence-electron chi connectivity index (χ4n) is 1.81. The molecular weight excluding hydrogens is 258 g/mol. The number of carbonyl (C=O) groups is 2. The Hall–Kier alpha value is -1.77. The van der Waals surface area contributed by atoms with E-state index in [1.54, 1.807) is 0 Å². The molecule has 0 rings (SSSR count). The molecule has 0 saturated heterocycles. The Labute approximate surface area is 120 Å². The summed E-state index contributed by atoms with van der Waals surface area (Å²) in [6, 6.07) is 0.732. The van der Waals surface area contributed by atoms with E-state index in [2.05, 4.69) is 5.32 Å². The van der Waals surface area contributed by atoms with Crippen molar-refractivity contribution in [2.75, 3.05) is 13.1 Å². The third-order valence-electron chi connectivity index (χ3n) is 2.81. The van der Waals surface area contributed by atoms with Crippen molar-refractivity contribution in [3.8, 4) is 6.07 Å². The van der Waals surface area contributed by atoms with Crippen LogP contribution in [0.4, 0.5) is 4.79 Å². The minimum atomic E-state index is -1.02. The van der Waals surface area contributed by atoms with E-state index >= 15 is 0 Å². The SMILES string of the molecule is CCCCC(NC(=O)N(CCC#N)CC(C)C)C(=O)O. The lowest BCUT2D eigenvalue weighted by molar-refractivity contribution is -0.139. The van der Waals surface area contributed by atoms with Crippen molar-refractivity contribution in [1.29, 1.82) is 5.26 Å². The van der Waals surface area contributed by atoms with Crippen LogP contribution in [0, 0.1) is 17.2 Å². The Balaban J connectivity index is 4.60. The van der Waals surface area contributed by atoms with Crippen molar-refractivity contribution >= 4 is 12.0 Å². The van der Waals surface area contributed by atoms with Crippen LogP contribution in [0.3, 0.4) is 0 Å². The summed E-state index contributed by atoms with van der Waals surface area (Å²) >= 11 is 0. The molecule has 0 saturated carbocycles. The van der Waals surface area contributed by atoms with E-state index in [-0.39, 0.29) is 12.3 Å². The van der Waals surface area contributed by atoms with Crippen molar-refractivity contribution in [2.24, 2.45) is 5.92 Å². The molecule has 0 aliphatic heterocycles. The molecule has 0 radical (unpaired) electrons. The van der Waals surface area contributed by atoms with Gasteiger partial charge in [-0.05, 0) is 12.3 Å². The highest BCUT2D eigenvalue weighted by Crippen LogP contribution is 2.05. The predicted octanol–water partition coefficient (Wildman–Crippen LogP) is 2.21. The highest BCUT2D eigenvalue weighted by Gasteiger charge is 2.22. The number of aliphatic carboxylic acids is 1. The molecule has 0 aromatic carbocycles. The summed E-state index contributed by atoms with van der Waals surface area (Å²) in [5.74, 6) is -0.755. The van der Waals surface area contributed by atoms with Crippen molar-refractivity contribution in [1.82, 2.24) is 10.2 Å². The number of carboxylic acid groups (broad SMARTS) is 1. The summed E-state index contributed by atoms with van der Waals surface area (Å²) in [6.07, 6.45) is 2.29. The lowest BCUT2D eigenvalue weighted by Gasteiger charge is -2.26. The molecule has 2 N–H and O–H groups in total. The zero-order valence-electron chi connectivity index (χ0n) is 12.6. The van der Waals surface area contributed by atoms with Crippen LogP contribution in [0.1, 0.15) is 46.5 Å². The summed E-state index contributed by atoms with van der Waals surface area (Å²) in [5, 5.41) is 20.3. The Morgan fingerprint density at radius 3 is 2.50 bits per heavy atom. The largest absolute Gasteiger partial charge is 0.480 e. The van der Waals surface area contributed by atoms with Crippen LogP contribution in [0.2, 0.25) is 0 Å². The number of nitrogens with one attached hydrogen (secondary N) is 1. The standard InChI is InChI=1S/C14H25N3O3/c1-4-5-7-12(13(18)19)16-14(20)17(9-6-8-15)10-11(2)3/h11-12H,4-7,9-10H2,1-3H3,(H,16,20)(H,18,19). The van der Waals surface area contributed by atoms with Gasteiger partial charge in [0.15, 0.2) is 0 Å². The van der Waals surface area contributed by atoms with Gasteiger partial charge in [0.2, 0.25) is 0 Å². The third kappa shape index (κ3) is 7.62. The Morgan fingerprint density at radius 1 is 1.40 bits per heavy atom. The van der Waals surface area contributed by atoms with Crippen LogP contribution in [0.15, 0.2) is 0 Å². The Bertz CT molecular complexity index is 350. The van der Waals surface area contributed by atoms with Gasteiger partial charge in [-0.25, -0.2) is 9.59 Å². The second-order valence-electron chi connectivity index (χ2n) is 5.23. The van der Waals surface area contributed by atoms with Crippen molar-refractivity contribution in [3.63, 3.8) is 0 Å². The highest BCUT2D eigenvalue weighted by molar-refractivity contribution is 5.82. The van der Waals surface area contributed by atoms with Crippen LogP contribution in [0.5, 0.6) is 0 Å². The monoisotopic (exact) mass is 283 g/mol. The third-order valence-corrected chi connectivity index (χ3v) is 2.81.